The van der Waals surface area contributed by atoms with Gasteiger partial charge in [0.1, 0.15) is 17.9 Å². The fourth-order valence-corrected chi connectivity index (χ4v) is 2.73. The number of imidazole rings is 1. The number of aliphatic carboxylic acids is 1. The molecule has 0 bridgehead atoms. The average Bonchev–Trinajstić information content (AvgIpc) is 3.15. The van der Waals surface area contributed by atoms with Crippen LogP contribution in [-0.2, 0) is 9.59 Å². The number of amides is 1. The summed E-state index contributed by atoms with van der Waals surface area (Å²) in [5.41, 5.74) is 1.17. The molecule has 1 aliphatic rings. The summed E-state index contributed by atoms with van der Waals surface area (Å²) in [6.45, 7) is 0.530. The SMILES string of the molecule is CN(CC(=O)N1CCC[C@@H]1C(=O)O)c1ncnc2nc[nH]c12. The van der Waals surface area contributed by atoms with Crippen LogP contribution in [0.25, 0.3) is 11.2 Å². The van der Waals surface area contributed by atoms with Crippen LogP contribution in [0, 0.1) is 0 Å². The van der Waals surface area contributed by atoms with Gasteiger partial charge >= 0.3 is 5.97 Å². The molecular formula is C13H16N6O3. The van der Waals surface area contributed by atoms with Crippen molar-refractivity contribution in [3.63, 3.8) is 0 Å². The highest BCUT2D eigenvalue weighted by molar-refractivity contribution is 5.89. The maximum Gasteiger partial charge on any atom is 0.326 e. The number of carboxylic acid groups (broad SMARTS) is 1. The van der Waals surface area contributed by atoms with Crippen molar-refractivity contribution in [3.05, 3.63) is 12.7 Å². The third kappa shape index (κ3) is 2.45. The molecule has 0 aliphatic carbocycles. The molecule has 0 aromatic carbocycles. The Bertz CT molecular complexity index is 715. The number of rotatable bonds is 4. The highest BCUT2D eigenvalue weighted by Crippen LogP contribution is 2.21. The van der Waals surface area contributed by atoms with Gasteiger partial charge in [-0.15, -0.1) is 0 Å². The van der Waals surface area contributed by atoms with E-state index in [1.807, 2.05) is 0 Å². The van der Waals surface area contributed by atoms with Crippen LogP contribution in [0.5, 0.6) is 0 Å². The summed E-state index contributed by atoms with van der Waals surface area (Å²) >= 11 is 0. The fourth-order valence-electron chi connectivity index (χ4n) is 2.73. The Morgan fingerprint density at radius 3 is 3.05 bits per heavy atom. The number of aromatic nitrogens is 4. The molecule has 22 heavy (non-hydrogen) atoms. The topological polar surface area (TPSA) is 115 Å². The van der Waals surface area contributed by atoms with Crippen molar-refractivity contribution in [2.24, 2.45) is 0 Å². The minimum absolute atomic E-state index is 0.0505. The lowest BCUT2D eigenvalue weighted by atomic mass is 10.2. The first-order valence-electron chi connectivity index (χ1n) is 6.95. The quantitative estimate of drug-likeness (QED) is 0.808. The summed E-state index contributed by atoms with van der Waals surface area (Å²) in [6, 6.07) is -0.724. The fraction of sp³-hybridized carbons (Fsp3) is 0.462. The number of likely N-dealkylation sites (tertiary alicyclic amines) is 1. The lowest BCUT2D eigenvalue weighted by Crippen LogP contribution is -2.45. The average molecular weight is 304 g/mol. The van der Waals surface area contributed by atoms with Gasteiger partial charge in [-0.05, 0) is 12.8 Å². The second kappa shape index (κ2) is 5.58. The molecule has 2 aromatic heterocycles. The van der Waals surface area contributed by atoms with Gasteiger partial charge in [0.2, 0.25) is 5.91 Å². The number of nitrogens with zero attached hydrogens (tertiary/aromatic N) is 5. The predicted octanol–water partition coefficient (Wildman–Crippen LogP) is -0.135. The number of hydrogen-bond acceptors (Lipinski definition) is 6. The van der Waals surface area contributed by atoms with Crippen LogP contribution in [0.15, 0.2) is 12.7 Å². The molecule has 1 atom stereocenters. The molecule has 0 radical (unpaired) electrons. The van der Waals surface area contributed by atoms with Gasteiger partial charge in [0.15, 0.2) is 11.5 Å². The van der Waals surface area contributed by atoms with Gasteiger partial charge in [-0.3, -0.25) is 4.79 Å². The van der Waals surface area contributed by atoms with Crippen LogP contribution >= 0.6 is 0 Å². The summed E-state index contributed by atoms with van der Waals surface area (Å²) in [5, 5.41) is 9.16. The maximum absolute atomic E-state index is 12.4. The smallest absolute Gasteiger partial charge is 0.326 e. The van der Waals surface area contributed by atoms with Crippen molar-refractivity contribution >= 4 is 28.9 Å². The molecule has 1 aliphatic heterocycles. The molecule has 0 spiro atoms. The lowest BCUT2D eigenvalue weighted by Gasteiger charge is -2.25. The van der Waals surface area contributed by atoms with Crippen LogP contribution < -0.4 is 4.90 Å². The zero-order valence-corrected chi connectivity index (χ0v) is 12.1. The summed E-state index contributed by atoms with van der Waals surface area (Å²) in [5.74, 6) is -0.618. The van der Waals surface area contributed by atoms with Gasteiger partial charge in [-0.1, -0.05) is 0 Å². The van der Waals surface area contributed by atoms with Crippen molar-refractivity contribution in [3.8, 4) is 0 Å². The van der Waals surface area contributed by atoms with E-state index in [4.69, 9.17) is 5.11 Å². The van der Waals surface area contributed by atoms with Crippen LogP contribution in [0.4, 0.5) is 5.82 Å². The zero-order valence-electron chi connectivity index (χ0n) is 12.1. The Morgan fingerprint density at radius 2 is 2.27 bits per heavy atom. The van der Waals surface area contributed by atoms with E-state index in [-0.39, 0.29) is 12.5 Å². The second-order valence-corrected chi connectivity index (χ2v) is 5.24. The Hall–Kier alpha value is -2.71. The number of aromatic amines is 1. The van der Waals surface area contributed by atoms with Crippen LogP contribution in [0.2, 0.25) is 0 Å². The number of carbonyl (C=O) groups excluding carboxylic acids is 1. The normalized spacial score (nSPS) is 17.9. The molecule has 0 unspecified atom stereocenters. The van der Waals surface area contributed by atoms with Gasteiger partial charge in [-0.2, -0.15) is 0 Å². The molecule has 3 heterocycles. The molecule has 9 nitrogen and oxygen atoms in total. The van der Waals surface area contributed by atoms with E-state index in [9.17, 15) is 9.59 Å². The molecule has 1 amide bonds. The molecule has 2 N–H and O–H groups in total. The maximum atomic E-state index is 12.4. The van der Waals surface area contributed by atoms with Crippen molar-refractivity contribution in [2.75, 3.05) is 25.0 Å². The van der Waals surface area contributed by atoms with Gasteiger partial charge in [0, 0.05) is 13.6 Å². The van der Waals surface area contributed by atoms with E-state index in [0.29, 0.717) is 36.4 Å². The molecule has 1 saturated heterocycles. The first kappa shape index (κ1) is 14.2. The Morgan fingerprint density at radius 1 is 1.45 bits per heavy atom. The third-order valence-corrected chi connectivity index (χ3v) is 3.80. The minimum atomic E-state index is -0.952. The Labute approximate surface area is 126 Å². The first-order valence-corrected chi connectivity index (χ1v) is 6.95. The summed E-state index contributed by atoms with van der Waals surface area (Å²) in [4.78, 5) is 41.8. The Balaban J connectivity index is 1.76. The van der Waals surface area contributed by atoms with Crippen molar-refractivity contribution in [1.82, 2.24) is 24.8 Å². The van der Waals surface area contributed by atoms with E-state index >= 15 is 0 Å². The van der Waals surface area contributed by atoms with Gasteiger partial charge < -0.3 is 19.9 Å². The van der Waals surface area contributed by atoms with Crippen molar-refractivity contribution in [2.45, 2.75) is 18.9 Å². The number of carbonyl (C=O) groups is 2. The second-order valence-electron chi connectivity index (χ2n) is 5.24. The molecule has 116 valence electrons. The number of carboxylic acids is 1. The van der Waals surface area contributed by atoms with Gasteiger partial charge in [0.25, 0.3) is 0 Å². The van der Waals surface area contributed by atoms with Crippen molar-refractivity contribution < 1.29 is 14.7 Å². The molecule has 3 rings (SSSR count). The highest BCUT2D eigenvalue weighted by atomic mass is 16.4. The minimum Gasteiger partial charge on any atom is -0.480 e. The summed E-state index contributed by atoms with van der Waals surface area (Å²) in [6.07, 6.45) is 4.11. The van der Waals surface area contributed by atoms with E-state index in [2.05, 4.69) is 19.9 Å². The number of hydrogen-bond donors (Lipinski definition) is 2. The number of fused-ring (bicyclic) bond motifs is 1. The first-order chi connectivity index (χ1) is 10.6. The van der Waals surface area contributed by atoms with Crippen LogP contribution in [0.3, 0.4) is 0 Å². The molecular weight excluding hydrogens is 288 g/mol. The van der Waals surface area contributed by atoms with E-state index in [1.54, 1.807) is 11.9 Å². The van der Waals surface area contributed by atoms with Crippen molar-refractivity contribution in [1.29, 1.82) is 0 Å². The number of likely N-dealkylation sites (N-methyl/N-ethyl adjacent to an activating group) is 1. The highest BCUT2D eigenvalue weighted by Gasteiger charge is 2.34. The summed E-state index contributed by atoms with van der Waals surface area (Å²) in [7, 11) is 1.73. The predicted molar refractivity (Wildman–Crippen MR) is 77.3 cm³/mol. The van der Waals surface area contributed by atoms with Gasteiger partial charge in [0.05, 0.1) is 12.9 Å². The summed E-state index contributed by atoms with van der Waals surface area (Å²) < 4.78 is 0. The number of anilines is 1. The third-order valence-electron chi connectivity index (χ3n) is 3.80. The number of nitrogens with one attached hydrogen (secondary N) is 1. The molecule has 2 aromatic rings. The molecule has 0 saturated carbocycles. The molecule has 1 fully saturated rings. The number of H-pyrrole nitrogens is 1. The van der Waals surface area contributed by atoms with Crippen LogP contribution in [0.1, 0.15) is 12.8 Å². The standard InChI is InChI=1S/C13H16N6O3/c1-18(12-10-11(15-6-14-10)16-7-17-12)5-9(20)19-4-2-3-8(19)13(21)22/h6-8H,2-5H2,1H3,(H,21,22)(H,14,15,16,17)/t8-/m1/s1. The van der Waals surface area contributed by atoms with E-state index in [1.165, 1.54) is 17.6 Å². The van der Waals surface area contributed by atoms with E-state index < -0.39 is 12.0 Å². The molecule has 9 heteroatoms. The van der Waals surface area contributed by atoms with Gasteiger partial charge in [-0.25, -0.2) is 19.7 Å². The monoisotopic (exact) mass is 304 g/mol. The Kier molecular flexibility index (Phi) is 3.61. The largest absolute Gasteiger partial charge is 0.480 e. The zero-order chi connectivity index (χ0) is 15.7. The lowest BCUT2D eigenvalue weighted by molar-refractivity contribution is -0.147. The van der Waals surface area contributed by atoms with Crippen LogP contribution in [-0.4, -0.2) is 68.0 Å². The van der Waals surface area contributed by atoms with E-state index in [0.717, 1.165) is 0 Å².